The molecule has 7 heteroatoms. The number of rotatable bonds is 2. The van der Waals surface area contributed by atoms with Gasteiger partial charge >= 0.3 is 0 Å². The second kappa shape index (κ2) is 4.57. The fourth-order valence-corrected chi connectivity index (χ4v) is 3.51. The van der Waals surface area contributed by atoms with Gasteiger partial charge in [0.05, 0.1) is 23.4 Å². The summed E-state index contributed by atoms with van der Waals surface area (Å²) in [5, 5.41) is 18.1. The molecule has 0 radical (unpaired) electrons. The molecule has 0 bridgehead atoms. The number of nitriles is 1. The molecule has 1 aromatic carbocycles. The Morgan fingerprint density at radius 1 is 1.50 bits per heavy atom. The topological polar surface area (TPSA) is 107 Å². The molecule has 0 saturated carbocycles. The zero-order valence-corrected chi connectivity index (χ0v) is 10.4. The Balaban J connectivity index is 2.39. The van der Waals surface area contributed by atoms with Crippen LogP contribution in [0.15, 0.2) is 23.1 Å². The van der Waals surface area contributed by atoms with Crippen molar-refractivity contribution in [1.82, 2.24) is 4.31 Å². The maximum absolute atomic E-state index is 12.3. The van der Waals surface area contributed by atoms with E-state index in [0.29, 0.717) is 12.0 Å². The molecule has 0 aliphatic carbocycles. The first-order valence-electron chi connectivity index (χ1n) is 5.43. The molecule has 1 aliphatic heterocycles. The molecule has 1 fully saturated rings. The van der Waals surface area contributed by atoms with Gasteiger partial charge in [-0.3, -0.25) is 0 Å². The molecule has 0 aromatic heterocycles. The number of β-amino-alcohol motifs (C(OH)–C–C–N with tert-alkyl or cyclic N) is 1. The van der Waals surface area contributed by atoms with Crippen LogP contribution in [-0.2, 0) is 10.0 Å². The number of hydrogen-bond donors (Lipinski definition) is 2. The minimum atomic E-state index is -3.69. The van der Waals surface area contributed by atoms with Crippen molar-refractivity contribution in [2.45, 2.75) is 17.4 Å². The van der Waals surface area contributed by atoms with Crippen LogP contribution in [0.4, 0.5) is 5.69 Å². The van der Waals surface area contributed by atoms with Crippen LogP contribution in [0, 0.1) is 11.3 Å². The first-order valence-corrected chi connectivity index (χ1v) is 6.87. The van der Waals surface area contributed by atoms with Crippen molar-refractivity contribution in [1.29, 1.82) is 5.26 Å². The lowest BCUT2D eigenvalue weighted by atomic mass is 10.2. The molecule has 3 N–H and O–H groups in total. The monoisotopic (exact) mass is 267 g/mol. The number of benzene rings is 1. The quantitative estimate of drug-likeness (QED) is 0.727. The average molecular weight is 267 g/mol. The third-order valence-electron chi connectivity index (χ3n) is 2.88. The molecule has 6 nitrogen and oxygen atoms in total. The van der Waals surface area contributed by atoms with Crippen molar-refractivity contribution >= 4 is 15.7 Å². The molecule has 1 saturated heterocycles. The Kier molecular flexibility index (Phi) is 3.26. The van der Waals surface area contributed by atoms with E-state index in [1.807, 2.05) is 6.07 Å². The van der Waals surface area contributed by atoms with Crippen molar-refractivity contribution in [3.05, 3.63) is 23.8 Å². The maximum Gasteiger partial charge on any atom is 0.245 e. The van der Waals surface area contributed by atoms with Crippen LogP contribution >= 0.6 is 0 Å². The van der Waals surface area contributed by atoms with Gasteiger partial charge in [0.2, 0.25) is 10.0 Å². The van der Waals surface area contributed by atoms with Gasteiger partial charge in [-0.25, -0.2) is 8.42 Å². The molecule has 1 atom stereocenters. The average Bonchev–Trinajstić information content (AvgIpc) is 2.76. The van der Waals surface area contributed by atoms with E-state index in [0.717, 1.165) is 0 Å². The minimum absolute atomic E-state index is 0.0180. The highest BCUT2D eigenvalue weighted by Crippen LogP contribution is 2.26. The summed E-state index contributed by atoms with van der Waals surface area (Å²) in [6.45, 7) is 0.366. The number of nitrogen functional groups attached to an aromatic ring is 1. The molecular weight excluding hydrogens is 254 g/mol. The van der Waals surface area contributed by atoms with Gasteiger partial charge < -0.3 is 10.8 Å². The third kappa shape index (κ3) is 2.18. The molecule has 2 rings (SSSR count). The Bertz CT molecular complexity index is 606. The maximum atomic E-state index is 12.3. The third-order valence-corrected chi connectivity index (χ3v) is 4.82. The number of hydrogen-bond acceptors (Lipinski definition) is 5. The van der Waals surface area contributed by atoms with Crippen LogP contribution < -0.4 is 5.73 Å². The summed E-state index contributed by atoms with van der Waals surface area (Å²) in [5.74, 6) is 0. The Hall–Kier alpha value is -1.62. The van der Waals surface area contributed by atoms with Gasteiger partial charge in [0.15, 0.2) is 0 Å². The van der Waals surface area contributed by atoms with Gasteiger partial charge in [-0.1, -0.05) is 0 Å². The Labute approximate surface area is 105 Å². The molecule has 0 unspecified atom stereocenters. The van der Waals surface area contributed by atoms with E-state index in [4.69, 9.17) is 11.0 Å². The Morgan fingerprint density at radius 3 is 2.72 bits per heavy atom. The van der Waals surface area contributed by atoms with Gasteiger partial charge in [0, 0.05) is 13.1 Å². The van der Waals surface area contributed by atoms with E-state index in [1.54, 1.807) is 0 Å². The zero-order valence-electron chi connectivity index (χ0n) is 9.57. The number of nitrogens with two attached hydrogens (primary N) is 1. The predicted molar refractivity (Wildman–Crippen MR) is 65.0 cm³/mol. The van der Waals surface area contributed by atoms with E-state index in [-0.39, 0.29) is 23.7 Å². The van der Waals surface area contributed by atoms with Gasteiger partial charge in [-0.05, 0) is 24.6 Å². The molecule has 1 aromatic rings. The zero-order chi connectivity index (χ0) is 13.3. The molecular formula is C11H13N3O3S. The summed E-state index contributed by atoms with van der Waals surface area (Å²) in [6.07, 6.45) is -0.200. The van der Waals surface area contributed by atoms with Crippen LogP contribution in [0.25, 0.3) is 0 Å². The smallest absolute Gasteiger partial charge is 0.245 e. The summed E-state index contributed by atoms with van der Waals surface area (Å²) in [7, 11) is -3.69. The molecule has 0 amide bonds. The van der Waals surface area contributed by atoms with Crippen LogP contribution in [0.3, 0.4) is 0 Å². The summed E-state index contributed by atoms with van der Waals surface area (Å²) >= 11 is 0. The number of aliphatic hydroxyl groups excluding tert-OH is 1. The second-order valence-electron chi connectivity index (χ2n) is 4.17. The van der Waals surface area contributed by atoms with Crippen molar-refractivity contribution in [3.63, 3.8) is 0 Å². The van der Waals surface area contributed by atoms with Crippen LogP contribution in [0.1, 0.15) is 12.0 Å². The lowest BCUT2D eigenvalue weighted by molar-refractivity contribution is 0.189. The van der Waals surface area contributed by atoms with E-state index in [2.05, 4.69) is 0 Å². The number of anilines is 1. The molecule has 1 heterocycles. The van der Waals surface area contributed by atoms with Crippen LogP contribution in [0.5, 0.6) is 0 Å². The van der Waals surface area contributed by atoms with Crippen LogP contribution in [-0.4, -0.2) is 37.0 Å². The fourth-order valence-electron chi connectivity index (χ4n) is 1.92. The molecule has 0 spiro atoms. The van der Waals surface area contributed by atoms with Crippen molar-refractivity contribution in [2.24, 2.45) is 0 Å². The normalized spacial score (nSPS) is 20.8. The number of sulfonamides is 1. The first kappa shape index (κ1) is 12.8. The van der Waals surface area contributed by atoms with E-state index in [9.17, 15) is 13.5 Å². The van der Waals surface area contributed by atoms with Crippen molar-refractivity contribution in [3.8, 4) is 6.07 Å². The summed E-state index contributed by atoms with van der Waals surface area (Å²) in [4.78, 5) is -0.0180. The SMILES string of the molecule is N#Cc1ccc(S(=O)(=O)N2CC[C@H](O)C2)c(N)c1. The minimum Gasteiger partial charge on any atom is -0.398 e. The van der Waals surface area contributed by atoms with Gasteiger partial charge in [-0.15, -0.1) is 0 Å². The fraction of sp³-hybridized carbons (Fsp3) is 0.364. The summed E-state index contributed by atoms with van der Waals surface area (Å²) < 4.78 is 25.7. The van der Waals surface area contributed by atoms with Crippen LogP contribution in [0.2, 0.25) is 0 Å². The largest absolute Gasteiger partial charge is 0.398 e. The first-order chi connectivity index (χ1) is 8.45. The number of nitrogens with zero attached hydrogens (tertiary/aromatic N) is 2. The highest BCUT2D eigenvalue weighted by molar-refractivity contribution is 7.89. The summed E-state index contributed by atoms with van der Waals surface area (Å²) in [6, 6.07) is 5.97. The van der Waals surface area contributed by atoms with Gasteiger partial charge in [0.25, 0.3) is 0 Å². The van der Waals surface area contributed by atoms with E-state index in [1.165, 1.54) is 22.5 Å². The Morgan fingerprint density at radius 2 is 2.22 bits per heavy atom. The van der Waals surface area contributed by atoms with Gasteiger partial charge in [0.1, 0.15) is 4.90 Å². The van der Waals surface area contributed by atoms with E-state index < -0.39 is 16.1 Å². The lowest BCUT2D eigenvalue weighted by Gasteiger charge is -2.17. The van der Waals surface area contributed by atoms with E-state index >= 15 is 0 Å². The molecule has 96 valence electrons. The second-order valence-corrected chi connectivity index (χ2v) is 6.08. The molecule has 18 heavy (non-hydrogen) atoms. The van der Waals surface area contributed by atoms with Crippen molar-refractivity contribution in [2.75, 3.05) is 18.8 Å². The van der Waals surface area contributed by atoms with Gasteiger partial charge in [-0.2, -0.15) is 9.57 Å². The van der Waals surface area contributed by atoms with Crippen molar-refractivity contribution < 1.29 is 13.5 Å². The molecule has 1 aliphatic rings. The standard InChI is InChI=1S/C11H13N3O3S/c12-6-8-1-2-11(10(13)5-8)18(16,17)14-4-3-9(15)7-14/h1-2,5,9,15H,3-4,7,13H2/t9-/m0/s1. The summed E-state index contributed by atoms with van der Waals surface area (Å²) in [5.41, 5.74) is 6.03. The predicted octanol–water partition coefficient (Wildman–Crippen LogP) is -0.104. The number of aliphatic hydroxyl groups is 1. The lowest BCUT2D eigenvalue weighted by Crippen LogP contribution is -2.30. The highest BCUT2D eigenvalue weighted by Gasteiger charge is 2.32. The highest BCUT2D eigenvalue weighted by atomic mass is 32.2.